The number of aromatic amines is 2. The van der Waals surface area contributed by atoms with Crippen molar-refractivity contribution in [3.05, 3.63) is 76.1 Å². The number of hydrogen-bond acceptors (Lipinski definition) is 8. The fourth-order valence-corrected chi connectivity index (χ4v) is 3.93. The lowest BCUT2D eigenvalue weighted by molar-refractivity contribution is 0.0940. The van der Waals surface area contributed by atoms with E-state index in [1.54, 1.807) is 23.9 Å². The first-order valence-corrected chi connectivity index (χ1v) is 11.5. The van der Waals surface area contributed by atoms with E-state index in [1.807, 2.05) is 30.3 Å². The predicted octanol–water partition coefficient (Wildman–Crippen LogP) is 2.79. The van der Waals surface area contributed by atoms with Gasteiger partial charge in [-0.25, -0.2) is 9.97 Å². The molecule has 11 heteroatoms. The summed E-state index contributed by atoms with van der Waals surface area (Å²) in [4.78, 5) is 35.6. The third-order valence-electron chi connectivity index (χ3n) is 4.84. The van der Waals surface area contributed by atoms with E-state index < -0.39 is 11.5 Å². The van der Waals surface area contributed by atoms with E-state index in [0.717, 1.165) is 35.1 Å². The summed E-state index contributed by atoms with van der Waals surface area (Å²) in [6, 6.07) is 14.0. The van der Waals surface area contributed by atoms with Crippen LogP contribution in [0.15, 0.2) is 58.7 Å². The Balaban J connectivity index is 1.27. The summed E-state index contributed by atoms with van der Waals surface area (Å²) >= 11 is 1.62. The van der Waals surface area contributed by atoms with Crippen molar-refractivity contribution in [3.63, 3.8) is 0 Å². The van der Waals surface area contributed by atoms with Crippen molar-refractivity contribution in [2.75, 3.05) is 12.4 Å². The van der Waals surface area contributed by atoms with Crippen LogP contribution in [0.3, 0.4) is 0 Å². The lowest BCUT2D eigenvalue weighted by Crippen LogP contribution is -2.27. The Morgan fingerprint density at radius 3 is 2.94 bits per heavy atom. The van der Waals surface area contributed by atoms with Gasteiger partial charge in [-0.3, -0.25) is 14.7 Å². The van der Waals surface area contributed by atoms with Crippen molar-refractivity contribution < 1.29 is 9.53 Å². The molecular formula is C23H21N7O3S. The van der Waals surface area contributed by atoms with Gasteiger partial charge in [0.1, 0.15) is 12.1 Å². The van der Waals surface area contributed by atoms with Crippen LogP contribution >= 0.6 is 11.8 Å². The van der Waals surface area contributed by atoms with Crippen LogP contribution in [0.4, 0.5) is 0 Å². The number of hydrogen-bond donors (Lipinski definition) is 3. The van der Waals surface area contributed by atoms with Gasteiger partial charge in [0.05, 0.1) is 29.1 Å². The van der Waals surface area contributed by atoms with Gasteiger partial charge >= 0.3 is 0 Å². The summed E-state index contributed by atoms with van der Waals surface area (Å²) in [7, 11) is 0. The third kappa shape index (κ3) is 5.99. The van der Waals surface area contributed by atoms with Gasteiger partial charge in [0.25, 0.3) is 11.5 Å². The number of fused-ring (bicyclic) bond motifs is 1. The Labute approximate surface area is 198 Å². The third-order valence-corrected chi connectivity index (χ3v) is 5.80. The molecule has 2 aromatic heterocycles. The monoisotopic (exact) mass is 475 g/mol. The maximum absolute atomic E-state index is 12.5. The Kier molecular flexibility index (Phi) is 7.52. The fraction of sp³-hybridized carbons (Fsp3) is 0.217. The standard InChI is InChI=1S/C23H21N7O3S/c24-12-15-6-7-19-18(11-15)21(31)29-20(28-19)22(32)25-13-16-4-3-5-17(10-16)33-8-1-2-9-34-23-26-14-27-30-23/h3-7,10-11,14H,1-2,8-9,13H2,(H,25,32)(H,26,27,30)(H,28,29,31). The molecule has 1 amide bonds. The highest BCUT2D eigenvalue weighted by Gasteiger charge is 2.12. The highest BCUT2D eigenvalue weighted by Crippen LogP contribution is 2.16. The van der Waals surface area contributed by atoms with Crippen molar-refractivity contribution in [2.45, 2.75) is 24.5 Å². The molecule has 4 aromatic rings. The van der Waals surface area contributed by atoms with E-state index in [4.69, 9.17) is 10.00 Å². The molecule has 0 saturated carbocycles. The van der Waals surface area contributed by atoms with Crippen molar-refractivity contribution in [1.82, 2.24) is 30.5 Å². The molecule has 0 unspecified atom stereocenters. The number of unbranched alkanes of at least 4 members (excludes halogenated alkanes) is 1. The van der Waals surface area contributed by atoms with Crippen LogP contribution in [0.2, 0.25) is 0 Å². The largest absolute Gasteiger partial charge is 0.494 e. The van der Waals surface area contributed by atoms with Gasteiger partial charge in [-0.05, 0) is 48.7 Å². The van der Waals surface area contributed by atoms with E-state index >= 15 is 0 Å². The van der Waals surface area contributed by atoms with Gasteiger partial charge in [-0.2, -0.15) is 10.4 Å². The number of nitrogens with one attached hydrogen (secondary N) is 3. The summed E-state index contributed by atoms with van der Waals surface area (Å²) < 4.78 is 5.82. The number of thioether (sulfide) groups is 1. The van der Waals surface area contributed by atoms with Gasteiger partial charge < -0.3 is 15.0 Å². The second kappa shape index (κ2) is 11.1. The second-order valence-electron chi connectivity index (χ2n) is 7.28. The number of nitrogens with zero attached hydrogens (tertiary/aromatic N) is 4. The first-order chi connectivity index (χ1) is 16.6. The number of carbonyl (C=O) groups is 1. The average Bonchev–Trinajstić information content (AvgIpc) is 3.38. The molecule has 0 spiro atoms. The molecule has 2 aromatic carbocycles. The normalized spacial score (nSPS) is 10.7. The van der Waals surface area contributed by atoms with Crippen molar-refractivity contribution in [3.8, 4) is 11.8 Å². The van der Waals surface area contributed by atoms with Crippen LogP contribution < -0.4 is 15.6 Å². The molecule has 2 heterocycles. The number of amides is 1. The predicted molar refractivity (Wildman–Crippen MR) is 127 cm³/mol. The lowest BCUT2D eigenvalue weighted by atomic mass is 10.1. The van der Waals surface area contributed by atoms with Crippen LogP contribution in [0.1, 0.15) is 34.6 Å². The lowest BCUT2D eigenvalue weighted by Gasteiger charge is -2.09. The van der Waals surface area contributed by atoms with Crippen molar-refractivity contribution in [2.24, 2.45) is 0 Å². The van der Waals surface area contributed by atoms with E-state index in [-0.39, 0.29) is 17.8 Å². The minimum atomic E-state index is -0.501. The molecule has 0 aliphatic rings. The Bertz CT molecular complexity index is 1380. The molecule has 0 aliphatic heterocycles. The summed E-state index contributed by atoms with van der Waals surface area (Å²) in [5.41, 5.74) is 1.09. The molecule has 3 N–H and O–H groups in total. The van der Waals surface area contributed by atoms with Gasteiger partial charge in [0, 0.05) is 12.3 Å². The minimum Gasteiger partial charge on any atom is -0.494 e. The molecule has 10 nitrogen and oxygen atoms in total. The van der Waals surface area contributed by atoms with E-state index in [0.29, 0.717) is 17.7 Å². The number of carbonyl (C=O) groups excluding carboxylic acids is 1. The van der Waals surface area contributed by atoms with Crippen LogP contribution in [-0.2, 0) is 6.54 Å². The Morgan fingerprint density at radius 1 is 1.21 bits per heavy atom. The zero-order valence-corrected chi connectivity index (χ0v) is 18.9. The second-order valence-corrected chi connectivity index (χ2v) is 8.37. The highest BCUT2D eigenvalue weighted by molar-refractivity contribution is 7.99. The molecule has 0 aliphatic carbocycles. The summed E-state index contributed by atoms with van der Waals surface area (Å²) in [6.45, 7) is 0.835. The van der Waals surface area contributed by atoms with Crippen LogP contribution in [0.25, 0.3) is 10.9 Å². The zero-order chi connectivity index (χ0) is 23.8. The van der Waals surface area contributed by atoms with Gasteiger partial charge in [0.15, 0.2) is 11.0 Å². The van der Waals surface area contributed by atoms with E-state index in [1.165, 1.54) is 12.4 Å². The topological polar surface area (TPSA) is 149 Å². The zero-order valence-electron chi connectivity index (χ0n) is 18.1. The summed E-state index contributed by atoms with van der Waals surface area (Å²) in [5.74, 6) is 1.06. The smallest absolute Gasteiger partial charge is 0.287 e. The molecule has 4 rings (SSSR count). The van der Waals surface area contributed by atoms with Gasteiger partial charge in [-0.15, -0.1) is 0 Å². The van der Waals surface area contributed by atoms with Crippen LogP contribution in [0.5, 0.6) is 5.75 Å². The number of rotatable bonds is 10. The number of H-pyrrole nitrogens is 2. The summed E-state index contributed by atoms with van der Waals surface area (Å²) in [5, 5.41) is 19.4. The van der Waals surface area contributed by atoms with Crippen LogP contribution in [-0.4, -0.2) is 43.4 Å². The molecule has 0 fully saturated rings. The first-order valence-electron chi connectivity index (χ1n) is 10.5. The number of benzene rings is 2. The molecule has 0 bridgehead atoms. The molecule has 34 heavy (non-hydrogen) atoms. The fourth-order valence-electron chi connectivity index (χ4n) is 3.15. The molecule has 0 atom stereocenters. The van der Waals surface area contributed by atoms with Crippen molar-refractivity contribution >= 4 is 28.6 Å². The van der Waals surface area contributed by atoms with E-state index in [9.17, 15) is 9.59 Å². The number of nitriles is 1. The number of aromatic nitrogens is 5. The first kappa shape index (κ1) is 23.0. The van der Waals surface area contributed by atoms with Gasteiger partial charge in [-0.1, -0.05) is 23.9 Å². The molecule has 172 valence electrons. The highest BCUT2D eigenvalue weighted by atomic mass is 32.2. The molecule has 0 saturated heterocycles. The van der Waals surface area contributed by atoms with E-state index in [2.05, 4.69) is 30.5 Å². The van der Waals surface area contributed by atoms with Crippen molar-refractivity contribution in [1.29, 1.82) is 5.26 Å². The Morgan fingerprint density at radius 2 is 2.12 bits per heavy atom. The van der Waals surface area contributed by atoms with Gasteiger partial charge in [0.2, 0.25) is 0 Å². The maximum atomic E-state index is 12.5. The maximum Gasteiger partial charge on any atom is 0.287 e. The molecule has 0 radical (unpaired) electrons. The molecular weight excluding hydrogens is 454 g/mol. The summed E-state index contributed by atoms with van der Waals surface area (Å²) in [6.07, 6.45) is 3.37. The SMILES string of the molecule is N#Cc1ccc2nc(C(=O)NCc3cccc(OCCCCSc4ncn[nH]4)c3)[nH]c(=O)c2c1. The quantitative estimate of drug-likeness (QED) is 0.234. The van der Waals surface area contributed by atoms with Crippen LogP contribution in [0, 0.1) is 11.3 Å². The average molecular weight is 476 g/mol. The Hall–Kier alpha value is -4.17. The number of ether oxygens (including phenoxy) is 1. The minimum absolute atomic E-state index is 0.0854.